The van der Waals surface area contributed by atoms with Crippen molar-refractivity contribution in [2.24, 2.45) is 5.92 Å². The summed E-state index contributed by atoms with van der Waals surface area (Å²) in [6.45, 7) is 0.249. The summed E-state index contributed by atoms with van der Waals surface area (Å²) in [5, 5.41) is 9.56. The maximum absolute atomic E-state index is 13.9. The van der Waals surface area contributed by atoms with Crippen molar-refractivity contribution in [2.75, 3.05) is 25.9 Å². The Balaban J connectivity index is 1.59. The molecule has 5 rings (SSSR count). The minimum atomic E-state index is -1.32. The van der Waals surface area contributed by atoms with Gasteiger partial charge in [-0.15, -0.1) is 11.8 Å². The van der Waals surface area contributed by atoms with Crippen molar-refractivity contribution in [3.63, 3.8) is 0 Å². The first-order valence-corrected chi connectivity index (χ1v) is 11.8. The maximum Gasteiger partial charge on any atom is 0.317 e. The Morgan fingerprint density at radius 3 is 2.63 bits per heavy atom. The van der Waals surface area contributed by atoms with Crippen LogP contribution in [0.25, 0.3) is 0 Å². The highest BCUT2D eigenvalue weighted by molar-refractivity contribution is 7.99. The zero-order valence-electron chi connectivity index (χ0n) is 19.1. The number of nitrogens with zero attached hydrogens (tertiary/aromatic N) is 1. The Kier molecular flexibility index (Phi) is 6.17. The van der Waals surface area contributed by atoms with E-state index < -0.39 is 23.0 Å². The van der Waals surface area contributed by atoms with Crippen molar-refractivity contribution in [1.82, 2.24) is 0 Å². The van der Waals surface area contributed by atoms with Crippen LogP contribution < -0.4 is 23.8 Å². The van der Waals surface area contributed by atoms with E-state index in [4.69, 9.17) is 18.9 Å². The van der Waals surface area contributed by atoms with Gasteiger partial charge in [-0.2, -0.15) is 0 Å². The molecule has 2 atom stereocenters. The lowest BCUT2D eigenvalue weighted by molar-refractivity contribution is -0.146. The standard InChI is InChI=1S/C26H23NO7S/c1-31-17-9-7-16(20(12-17)32-2)13-27-18-5-3-4-6-22(18)35-24(23(25(27)28)26(29)30)15-8-10-19-21(11-15)34-14-33-19/h3-12,23-24H,13-14H2,1-2H3,(H,29,30). The highest BCUT2D eigenvalue weighted by Crippen LogP contribution is 2.50. The van der Waals surface area contributed by atoms with E-state index in [0.29, 0.717) is 34.2 Å². The van der Waals surface area contributed by atoms with Gasteiger partial charge in [0.2, 0.25) is 12.7 Å². The second kappa shape index (κ2) is 9.42. The van der Waals surface area contributed by atoms with Crippen LogP contribution in [-0.4, -0.2) is 38.0 Å². The van der Waals surface area contributed by atoms with Gasteiger partial charge in [-0.25, -0.2) is 0 Å². The van der Waals surface area contributed by atoms with Crippen LogP contribution in [-0.2, 0) is 16.1 Å². The quantitative estimate of drug-likeness (QED) is 0.501. The lowest BCUT2D eigenvalue weighted by Crippen LogP contribution is -2.40. The summed E-state index contributed by atoms with van der Waals surface area (Å²) in [6.07, 6.45) is 0. The van der Waals surface area contributed by atoms with Gasteiger partial charge in [0, 0.05) is 16.5 Å². The fourth-order valence-electron chi connectivity index (χ4n) is 4.30. The number of para-hydroxylation sites is 1. The minimum Gasteiger partial charge on any atom is -0.497 e. The van der Waals surface area contributed by atoms with Crippen molar-refractivity contribution in [2.45, 2.75) is 16.7 Å². The summed E-state index contributed by atoms with van der Waals surface area (Å²) >= 11 is 1.36. The van der Waals surface area contributed by atoms with Crippen molar-refractivity contribution in [3.8, 4) is 23.0 Å². The van der Waals surface area contributed by atoms with Gasteiger partial charge in [0.15, 0.2) is 17.4 Å². The van der Waals surface area contributed by atoms with Gasteiger partial charge < -0.3 is 29.0 Å². The normalized spacial score (nSPS) is 18.6. The molecule has 0 bridgehead atoms. The molecule has 3 aromatic carbocycles. The molecule has 0 aromatic heterocycles. The first-order chi connectivity index (χ1) is 17.0. The van der Waals surface area contributed by atoms with Crippen molar-refractivity contribution >= 4 is 29.3 Å². The van der Waals surface area contributed by atoms with Gasteiger partial charge >= 0.3 is 5.97 Å². The second-order valence-corrected chi connectivity index (χ2v) is 9.22. The van der Waals surface area contributed by atoms with Gasteiger partial charge in [0.25, 0.3) is 0 Å². The molecule has 9 heteroatoms. The molecule has 0 fully saturated rings. The molecule has 0 saturated heterocycles. The molecule has 1 amide bonds. The Labute approximate surface area is 206 Å². The number of hydrogen-bond donors (Lipinski definition) is 1. The molecule has 3 aromatic rings. The molecule has 35 heavy (non-hydrogen) atoms. The van der Waals surface area contributed by atoms with Gasteiger partial charge in [-0.05, 0) is 42.0 Å². The average molecular weight is 494 g/mol. The Morgan fingerprint density at radius 1 is 1.06 bits per heavy atom. The molecule has 0 saturated carbocycles. The molecular weight excluding hydrogens is 470 g/mol. The van der Waals surface area contributed by atoms with Crippen LogP contribution in [0.5, 0.6) is 23.0 Å². The van der Waals surface area contributed by atoms with E-state index in [1.54, 1.807) is 44.6 Å². The number of hydrogen-bond acceptors (Lipinski definition) is 7. The molecule has 0 radical (unpaired) electrons. The van der Waals surface area contributed by atoms with Crippen LogP contribution in [0.3, 0.4) is 0 Å². The summed E-state index contributed by atoms with van der Waals surface area (Å²) in [4.78, 5) is 28.8. The number of carboxylic acid groups (broad SMARTS) is 1. The predicted molar refractivity (Wildman–Crippen MR) is 129 cm³/mol. The summed E-state index contributed by atoms with van der Waals surface area (Å²) in [5.74, 6) is -0.714. The van der Waals surface area contributed by atoms with E-state index in [9.17, 15) is 14.7 Å². The molecular formula is C26H23NO7S. The molecule has 2 unspecified atom stereocenters. The minimum absolute atomic E-state index is 0.109. The van der Waals surface area contributed by atoms with E-state index in [0.717, 1.165) is 10.5 Å². The number of carbonyl (C=O) groups is 2. The Hall–Kier alpha value is -3.85. The van der Waals surface area contributed by atoms with E-state index in [1.807, 2.05) is 30.3 Å². The third-order valence-electron chi connectivity index (χ3n) is 6.06. The van der Waals surface area contributed by atoms with Crippen LogP contribution in [0.2, 0.25) is 0 Å². The number of aliphatic carboxylic acids is 1. The van der Waals surface area contributed by atoms with Crippen LogP contribution >= 0.6 is 11.8 Å². The van der Waals surface area contributed by atoms with Gasteiger partial charge in [0.1, 0.15) is 11.5 Å². The average Bonchev–Trinajstić information content (AvgIpc) is 3.30. The van der Waals surface area contributed by atoms with Crippen LogP contribution in [0.4, 0.5) is 5.69 Å². The largest absolute Gasteiger partial charge is 0.497 e. The first-order valence-electron chi connectivity index (χ1n) is 10.9. The summed E-state index contributed by atoms with van der Waals surface area (Å²) in [7, 11) is 3.11. The summed E-state index contributed by atoms with van der Waals surface area (Å²) < 4.78 is 21.7. The molecule has 1 N–H and O–H groups in total. The van der Waals surface area contributed by atoms with Crippen molar-refractivity contribution in [1.29, 1.82) is 0 Å². The van der Waals surface area contributed by atoms with Gasteiger partial charge in [-0.1, -0.05) is 18.2 Å². The summed E-state index contributed by atoms with van der Waals surface area (Å²) in [5.41, 5.74) is 2.06. The number of thioether (sulfide) groups is 1. The van der Waals surface area contributed by atoms with Crippen molar-refractivity contribution in [3.05, 3.63) is 71.8 Å². The lowest BCUT2D eigenvalue weighted by Gasteiger charge is -2.26. The lowest BCUT2D eigenvalue weighted by atomic mass is 9.96. The number of benzene rings is 3. The van der Waals surface area contributed by atoms with Crippen molar-refractivity contribution < 1.29 is 33.6 Å². The second-order valence-electron chi connectivity index (χ2n) is 8.04. The number of carbonyl (C=O) groups excluding carboxylic acids is 1. The maximum atomic E-state index is 13.9. The van der Waals surface area contributed by atoms with E-state index in [1.165, 1.54) is 16.7 Å². The van der Waals surface area contributed by atoms with E-state index in [-0.39, 0.29) is 13.3 Å². The number of anilines is 1. The van der Waals surface area contributed by atoms with Crippen LogP contribution in [0.1, 0.15) is 16.4 Å². The molecule has 2 heterocycles. The number of methoxy groups -OCH3 is 2. The zero-order chi connectivity index (χ0) is 24.5. The number of amides is 1. The zero-order valence-corrected chi connectivity index (χ0v) is 19.9. The van der Waals surface area contributed by atoms with Gasteiger partial charge in [-0.3, -0.25) is 9.59 Å². The number of carboxylic acids is 1. The third kappa shape index (κ3) is 4.23. The predicted octanol–water partition coefficient (Wildman–Crippen LogP) is 4.51. The highest BCUT2D eigenvalue weighted by atomic mass is 32.2. The Morgan fingerprint density at radius 2 is 1.86 bits per heavy atom. The summed E-state index contributed by atoms with van der Waals surface area (Å²) in [6, 6.07) is 18.1. The number of fused-ring (bicyclic) bond motifs is 2. The molecule has 0 spiro atoms. The molecule has 180 valence electrons. The van der Waals surface area contributed by atoms with E-state index in [2.05, 4.69) is 0 Å². The van der Waals surface area contributed by atoms with Crippen LogP contribution in [0, 0.1) is 5.92 Å². The van der Waals surface area contributed by atoms with E-state index >= 15 is 0 Å². The molecule has 0 aliphatic carbocycles. The molecule has 2 aliphatic rings. The Bertz CT molecular complexity index is 1290. The first kappa shape index (κ1) is 22.9. The van der Waals surface area contributed by atoms with Gasteiger partial charge in [0.05, 0.1) is 31.7 Å². The monoisotopic (exact) mass is 493 g/mol. The number of rotatable bonds is 6. The van der Waals surface area contributed by atoms with Crippen LogP contribution in [0.15, 0.2) is 65.6 Å². The molecule has 8 nitrogen and oxygen atoms in total. The highest BCUT2D eigenvalue weighted by Gasteiger charge is 2.43. The SMILES string of the molecule is COc1ccc(CN2C(=O)C(C(=O)O)C(c3ccc4c(c3)OCO4)Sc3ccccc32)c(OC)c1. The molecule has 2 aliphatic heterocycles. The smallest absolute Gasteiger partial charge is 0.317 e. The third-order valence-corrected chi connectivity index (χ3v) is 7.46. The fraction of sp³-hybridized carbons (Fsp3) is 0.231. The topological polar surface area (TPSA) is 94.5 Å². The number of ether oxygens (including phenoxy) is 4. The fourth-order valence-corrected chi connectivity index (χ4v) is 5.68.